The zero-order valence-electron chi connectivity index (χ0n) is 6.92. The predicted molar refractivity (Wildman–Crippen MR) is 47.7 cm³/mol. The molecule has 0 spiro atoms. The highest BCUT2D eigenvalue weighted by Crippen LogP contribution is 2.16. The third-order valence-corrected chi connectivity index (χ3v) is 1.78. The van der Waals surface area contributed by atoms with Crippen LogP contribution in [0.4, 0.5) is 4.39 Å². The molecule has 0 fully saturated rings. The smallest absolute Gasteiger partial charge is 0.267 e. The average Bonchev–Trinajstić information content (AvgIpc) is 2.08. The van der Waals surface area contributed by atoms with Crippen LogP contribution in [0, 0.1) is 5.82 Å². The number of benzene rings is 1. The Kier molecular flexibility index (Phi) is 2.85. The molecule has 0 saturated heterocycles. The summed E-state index contributed by atoms with van der Waals surface area (Å²) in [4.78, 5) is 11.2. The number of halogens is 2. The maximum atomic E-state index is 12.7. The van der Waals surface area contributed by atoms with Gasteiger partial charge in [0, 0.05) is 12.6 Å². The second kappa shape index (κ2) is 3.72. The Morgan fingerprint density at radius 2 is 2.23 bits per heavy atom. The van der Waals surface area contributed by atoms with Crippen molar-refractivity contribution in [1.29, 1.82) is 0 Å². The van der Waals surface area contributed by atoms with Gasteiger partial charge in [0.25, 0.3) is 5.91 Å². The Labute approximate surface area is 79.9 Å². The molecule has 0 unspecified atom stereocenters. The van der Waals surface area contributed by atoms with Crippen LogP contribution in [-0.4, -0.2) is 18.0 Å². The quantitative estimate of drug-likeness (QED) is 0.425. The Bertz CT molecular complexity index is 341. The van der Waals surface area contributed by atoms with Crippen LogP contribution in [0.1, 0.15) is 10.4 Å². The van der Waals surface area contributed by atoms with Crippen molar-refractivity contribution < 1.29 is 9.18 Å². The van der Waals surface area contributed by atoms with E-state index < -0.39 is 11.7 Å². The fourth-order valence-corrected chi connectivity index (χ4v) is 1.01. The highest BCUT2D eigenvalue weighted by Gasteiger charge is 2.10. The first kappa shape index (κ1) is 9.95. The summed E-state index contributed by atoms with van der Waals surface area (Å²) in [5.74, 6) is 4.23. The summed E-state index contributed by atoms with van der Waals surface area (Å²) in [5.41, 5.74) is 0.261. The number of rotatable bonds is 1. The minimum atomic E-state index is -0.558. The van der Waals surface area contributed by atoms with E-state index in [4.69, 9.17) is 17.4 Å². The molecule has 0 radical (unpaired) electrons. The lowest BCUT2D eigenvalue weighted by Gasteiger charge is -2.09. The van der Waals surface area contributed by atoms with Crippen LogP contribution in [0.25, 0.3) is 0 Å². The van der Waals surface area contributed by atoms with Gasteiger partial charge in [-0.3, -0.25) is 9.80 Å². The fourth-order valence-electron chi connectivity index (χ4n) is 0.833. The van der Waals surface area contributed by atoms with E-state index in [2.05, 4.69) is 0 Å². The maximum Gasteiger partial charge on any atom is 0.267 e. The first-order valence-electron chi connectivity index (χ1n) is 3.50. The summed E-state index contributed by atoms with van der Waals surface area (Å²) in [7, 11) is 1.40. The van der Waals surface area contributed by atoms with Crippen molar-refractivity contribution >= 4 is 17.5 Å². The lowest BCUT2D eigenvalue weighted by Crippen LogP contribution is -2.33. The molecule has 0 atom stereocenters. The molecule has 0 heterocycles. The monoisotopic (exact) mass is 202 g/mol. The van der Waals surface area contributed by atoms with Crippen LogP contribution >= 0.6 is 11.6 Å². The molecule has 0 bridgehead atoms. The fraction of sp³-hybridized carbons (Fsp3) is 0.125. The molecule has 1 aromatic carbocycles. The van der Waals surface area contributed by atoms with Crippen LogP contribution in [0.2, 0.25) is 5.02 Å². The maximum absolute atomic E-state index is 12.7. The molecule has 70 valence electrons. The molecular weight excluding hydrogens is 195 g/mol. The van der Waals surface area contributed by atoms with Gasteiger partial charge in [-0.1, -0.05) is 11.6 Å². The highest BCUT2D eigenvalue weighted by atomic mass is 35.5. The van der Waals surface area contributed by atoms with Crippen molar-refractivity contribution in [2.45, 2.75) is 0 Å². The zero-order chi connectivity index (χ0) is 10.0. The first-order chi connectivity index (χ1) is 6.02. The number of carbonyl (C=O) groups excluding carboxylic acids is 1. The van der Waals surface area contributed by atoms with E-state index in [1.807, 2.05) is 0 Å². The molecule has 0 aliphatic carbocycles. The third kappa shape index (κ3) is 2.17. The van der Waals surface area contributed by atoms with Crippen LogP contribution in [-0.2, 0) is 0 Å². The zero-order valence-corrected chi connectivity index (χ0v) is 7.68. The molecule has 5 heteroatoms. The molecule has 1 aromatic rings. The largest absolute Gasteiger partial charge is 0.280 e. The Hall–Kier alpha value is -1.13. The van der Waals surface area contributed by atoms with E-state index in [-0.39, 0.29) is 10.6 Å². The van der Waals surface area contributed by atoms with E-state index >= 15 is 0 Å². The third-order valence-electron chi connectivity index (χ3n) is 1.49. The van der Waals surface area contributed by atoms with Crippen molar-refractivity contribution in [2.24, 2.45) is 5.84 Å². The van der Waals surface area contributed by atoms with Gasteiger partial charge in [0.15, 0.2) is 0 Å². The number of nitrogens with two attached hydrogens (primary N) is 1. The molecule has 0 saturated carbocycles. The number of hydrogen-bond acceptors (Lipinski definition) is 2. The minimum Gasteiger partial charge on any atom is -0.280 e. The van der Waals surface area contributed by atoms with E-state index in [0.29, 0.717) is 0 Å². The summed E-state index contributed by atoms with van der Waals surface area (Å²) in [6.45, 7) is 0. The van der Waals surface area contributed by atoms with Crippen molar-refractivity contribution in [1.82, 2.24) is 5.01 Å². The number of hydrazine groups is 1. The Morgan fingerprint density at radius 3 is 2.69 bits per heavy atom. The van der Waals surface area contributed by atoms with Gasteiger partial charge in [-0.25, -0.2) is 10.2 Å². The van der Waals surface area contributed by atoms with E-state index in [1.165, 1.54) is 19.2 Å². The number of carbonyl (C=O) groups is 1. The van der Waals surface area contributed by atoms with Gasteiger partial charge in [0.05, 0.1) is 5.02 Å². The topological polar surface area (TPSA) is 46.3 Å². The van der Waals surface area contributed by atoms with Gasteiger partial charge >= 0.3 is 0 Å². The number of nitrogens with zero attached hydrogens (tertiary/aromatic N) is 1. The molecule has 0 aliphatic rings. The van der Waals surface area contributed by atoms with Crippen molar-refractivity contribution in [3.8, 4) is 0 Å². The molecule has 1 rings (SSSR count). The second-order valence-corrected chi connectivity index (χ2v) is 2.95. The second-order valence-electron chi connectivity index (χ2n) is 2.54. The van der Waals surface area contributed by atoms with Crippen molar-refractivity contribution in [3.63, 3.8) is 0 Å². The summed E-state index contributed by atoms with van der Waals surface area (Å²) in [6, 6.07) is 3.69. The summed E-state index contributed by atoms with van der Waals surface area (Å²) in [6.07, 6.45) is 0. The van der Waals surface area contributed by atoms with Gasteiger partial charge in [-0.05, 0) is 18.2 Å². The van der Waals surface area contributed by atoms with E-state index in [1.54, 1.807) is 0 Å². The Morgan fingerprint density at radius 1 is 1.62 bits per heavy atom. The number of hydrogen-bond donors (Lipinski definition) is 1. The van der Waals surface area contributed by atoms with Crippen LogP contribution in [0.5, 0.6) is 0 Å². The highest BCUT2D eigenvalue weighted by molar-refractivity contribution is 6.31. The molecule has 2 N–H and O–H groups in total. The van der Waals surface area contributed by atoms with Gasteiger partial charge < -0.3 is 0 Å². The van der Waals surface area contributed by atoms with Gasteiger partial charge in [-0.2, -0.15) is 0 Å². The van der Waals surface area contributed by atoms with Crippen LogP contribution < -0.4 is 5.84 Å². The molecule has 3 nitrogen and oxygen atoms in total. The van der Waals surface area contributed by atoms with Gasteiger partial charge in [0.2, 0.25) is 0 Å². The first-order valence-corrected chi connectivity index (χ1v) is 3.88. The summed E-state index contributed by atoms with van der Waals surface area (Å²) in [5, 5.41) is 0.816. The predicted octanol–water partition coefficient (Wildman–Crippen LogP) is 1.42. The van der Waals surface area contributed by atoms with Gasteiger partial charge in [-0.15, -0.1) is 0 Å². The molecule has 13 heavy (non-hydrogen) atoms. The van der Waals surface area contributed by atoms with Crippen LogP contribution in [0.15, 0.2) is 18.2 Å². The lowest BCUT2D eigenvalue weighted by molar-refractivity contribution is 0.0795. The SMILES string of the molecule is CN(N)C(=O)c1ccc(F)c(Cl)c1. The summed E-state index contributed by atoms with van der Waals surface area (Å²) >= 11 is 5.48. The lowest BCUT2D eigenvalue weighted by atomic mass is 10.2. The number of amides is 1. The average molecular weight is 203 g/mol. The molecule has 1 amide bonds. The normalized spacial score (nSPS) is 9.85. The molecule has 0 aliphatic heterocycles. The van der Waals surface area contributed by atoms with Crippen molar-refractivity contribution in [2.75, 3.05) is 7.05 Å². The van der Waals surface area contributed by atoms with Crippen LogP contribution in [0.3, 0.4) is 0 Å². The Balaban J connectivity index is 3.04. The minimum absolute atomic E-state index is 0.0901. The van der Waals surface area contributed by atoms with Crippen molar-refractivity contribution in [3.05, 3.63) is 34.6 Å². The molecular formula is C8H8ClFN2O. The van der Waals surface area contributed by atoms with E-state index in [9.17, 15) is 9.18 Å². The standard InChI is InChI=1S/C8H8ClFN2O/c1-12(11)8(13)5-2-3-7(10)6(9)4-5/h2-4H,11H2,1H3. The molecule has 0 aromatic heterocycles. The van der Waals surface area contributed by atoms with Gasteiger partial charge in [0.1, 0.15) is 5.82 Å². The summed E-state index contributed by atoms with van der Waals surface area (Å²) < 4.78 is 12.7. The van der Waals surface area contributed by atoms with E-state index in [0.717, 1.165) is 11.1 Å².